The number of rotatable bonds is 6. The van der Waals surface area contributed by atoms with Crippen molar-refractivity contribution in [3.63, 3.8) is 0 Å². The third kappa shape index (κ3) is 5.24. The summed E-state index contributed by atoms with van der Waals surface area (Å²) in [6.45, 7) is 7.92. The van der Waals surface area contributed by atoms with Crippen molar-refractivity contribution in [1.82, 2.24) is 24.8 Å². The average molecular weight is 430 g/mol. The SMILES string of the molecule is Cc1ccsc1C(C(=O)NC(C)(C)C)N(Cc1cccnc1)C(=O)c1csnn1. The molecule has 3 aromatic heterocycles. The van der Waals surface area contributed by atoms with Crippen LogP contribution in [0.4, 0.5) is 0 Å². The third-order valence-corrected chi connectivity index (χ3v) is 5.70. The molecule has 0 spiro atoms. The van der Waals surface area contributed by atoms with Crippen LogP contribution in [0.5, 0.6) is 0 Å². The van der Waals surface area contributed by atoms with Gasteiger partial charge in [0, 0.05) is 34.7 Å². The van der Waals surface area contributed by atoms with Crippen LogP contribution in [0, 0.1) is 6.92 Å². The Balaban J connectivity index is 2.07. The minimum Gasteiger partial charge on any atom is -0.349 e. The second kappa shape index (κ2) is 8.79. The topological polar surface area (TPSA) is 88.1 Å². The molecule has 1 unspecified atom stereocenters. The summed E-state index contributed by atoms with van der Waals surface area (Å²) in [5, 5.41) is 10.5. The molecule has 0 aliphatic rings. The lowest BCUT2D eigenvalue weighted by molar-refractivity contribution is -0.127. The van der Waals surface area contributed by atoms with Crippen LogP contribution in [-0.4, -0.2) is 36.8 Å². The summed E-state index contributed by atoms with van der Waals surface area (Å²) in [6, 6.07) is 4.85. The Hall–Kier alpha value is -2.65. The van der Waals surface area contributed by atoms with Crippen LogP contribution in [0.3, 0.4) is 0 Å². The maximum atomic E-state index is 13.4. The van der Waals surface area contributed by atoms with Crippen molar-refractivity contribution in [2.75, 3.05) is 0 Å². The van der Waals surface area contributed by atoms with Gasteiger partial charge in [0.2, 0.25) is 5.91 Å². The van der Waals surface area contributed by atoms with Crippen molar-refractivity contribution in [2.24, 2.45) is 0 Å². The first-order chi connectivity index (χ1) is 13.8. The number of nitrogens with one attached hydrogen (secondary N) is 1. The molecule has 1 atom stereocenters. The van der Waals surface area contributed by atoms with E-state index in [4.69, 9.17) is 0 Å². The highest BCUT2D eigenvalue weighted by Crippen LogP contribution is 2.32. The van der Waals surface area contributed by atoms with Gasteiger partial charge in [0.25, 0.3) is 5.91 Å². The molecule has 0 saturated heterocycles. The van der Waals surface area contributed by atoms with Gasteiger partial charge in [-0.2, -0.15) is 0 Å². The monoisotopic (exact) mass is 429 g/mol. The van der Waals surface area contributed by atoms with Crippen molar-refractivity contribution in [2.45, 2.75) is 45.8 Å². The molecule has 152 valence electrons. The van der Waals surface area contributed by atoms with Gasteiger partial charge in [-0.25, -0.2) is 0 Å². The number of hydrogen-bond donors (Lipinski definition) is 1. The van der Waals surface area contributed by atoms with E-state index in [1.54, 1.807) is 22.7 Å². The number of nitrogens with zero attached hydrogens (tertiary/aromatic N) is 4. The molecular weight excluding hydrogens is 406 g/mol. The Bertz CT molecular complexity index is 964. The molecule has 3 aromatic rings. The van der Waals surface area contributed by atoms with E-state index < -0.39 is 11.6 Å². The Morgan fingerprint density at radius 2 is 2.07 bits per heavy atom. The standard InChI is InChI=1S/C20H23N5O2S2/c1-13-7-9-28-17(13)16(18(26)22-20(2,3)4)25(11-14-6-5-8-21-10-14)19(27)15-12-29-24-23-15/h5-10,12,16H,11H2,1-4H3,(H,22,26). The van der Waals surface area contributed by atoms with Crippen LogP contribution in [0.1, 0.15) is 53.3 Å². The van der Waals surface area contributed by atoms with Crippen LogP contribution in [-0.2, 0) is 11.3 Å². The second-order valence-corrected chi connectivity index (χ2v) is 9.25. The predicted molar refractivity (Wildman–Crippen MR) is 114 cm³/mol. The van der Waals surface area contributed by atoms with E-state index in [2.05, 4.69) is 19.9 Å². The summed E-state index contributed by atoms with van der Waals surface area (Å²) in [7, 11) is 0. The average Bonchev–Trinajstić information content (AvgIpc) is 3.32. The van der Waals surface area contributed by atoms with Crippen molar-refractivity contribution in [3.8, 4) is 0 Å². The molecule has 9 heteroatoms. The predicted octanol–water partition coefficient (Wildman–Crippen LogP) is 3.60. The van der Waals surface area contributed by atoms with E-state index >= 15 is 0 Å². The van der Waals surface area contributed by atoms with Crippen molar-refractivity contribution < 1.29 is 9.59 Å². The summed E-state index contributed by atoms with van der Waals surface area (Å²) in [6.07, 6.45) is 3.37. The highest BCUT2D eigenvalue weighted by atomic mass is 32.1. The normalized spacial score (nSPS) is 12.4. The van der Waals surface area contributed by atoms with E-state index in [1.807, 2.05) is 51.3 Å². The first-order valence-electron chi connectivity index (χ1n) is 9.09. The molecular formula is C20H23N5O2S2. The Morgan fingerprint density at radius 1 is 1.28 bits per heavy atom. The van der Waals surface area contributed by atoms with E-state index in [9.17, 15) is 9.59 Å². The summed E-state index contributed by atoms with van der Waals surface area (Å²) < 4.78 is 3.81. The first-order valence-corrected chi connectivity index (χ1v) is 10.8. The second-order valence-electron chi connectivity index (χ2n) is 7.69. The molecule has 3 heterocycles. The largest absolute Gasteiger partial charge is 0.349 e. The van der Waals surface area contributed by atoms with Gasteiger partial charge in [0.1, 0.15) is 6.04 Å². The molecule has 0 saturated carbocycles. The highest BCUT2D eigenvalue weighted by molar-refractivity contribution is 7.10. The number of aromatic nitrogens is 3. The maximum Gasteiger partial charge on any atom is 0.276 e. The molecule has 0 radical (unpaired) electrons. The zero-order valence-corrected chi connectivity index (χ0v) is 18.4. The van der Waals surface area contributed by atoms with Gasteiger partial charge in [-0.15, -0.1) is 16.4 Å². The van der Waals surface area contributed by atoms with Gasteiger partial charge in [0.15, 0.2) is 5.69 Å². The van der Waals surface area contributed by atoms with E-state index in [0.29, 0.717) is 0 Å². The number of carbonyl (C=O) groups excluding carboxylic acids is 2. The number of pyridine rings is 1. The van der Waals surface area contributed by atoms with Crippen molar-refractivity contribution in [1.29, 1.82) is 0 Å². The maximum absolute atomic E-state index is 13.4. The lowest BCUT2D eigenvalue weighted by Gasteiger charge is -2.33. The van der Waals surface area contributed by atoms with Gasteiger partial charge >= 0.3 is 0 Å². The molecule has 1 N–H and O–H groups in total. The fraction of sp³-hybridized carbons (Fsp3) is 0.350. The van der Waals surface area contributed by atoms with E-state index in [1.165, 1.54) is 11.3 Å². The Morgan fingerprint density at radius 3 is 2.62 bits per heavy atom. The number of hydrogen-bond acceptors (Lipinski definition) is 7. The Labute approximate surface area is 178 Å². The number of aryl methyl sites for hydroxylation is 1. The third-order valence-electron chi connectivity index (χ3n) is 4.12. The molecule has 0 bridgehead atoms. The minimum absolute atomic E-state index is 0.224. The lowest BCUT2D eigenvalue weighted by Crippen LogP contribution is -2.49. The molecule has 3 rings (SSSR count). The lowest BCUT2D eigenvalue weighted by atomic mass is 10.0. The van der Waals surface area contributed by atoms with Crippen molar-refractivity contribution in [3.05, 3.63) is 63.1 Å². The molecule has 29 heavy (non-hydrogen) atoms. The molecule has 0 aliphatic carbocycles. The minimum atomic E-state index is -0.788. The van der Waals surface area contributed by atoms with Crippen LogP contribution >= 0.6 is 22.9 Å². The summed E-state index contributed by atoms with van der Waals surface area (Å²) >= 11 is 2.57. The van der Waals surface area contributed by atoms with Gasteiger partial charge in [-0.1, -0.05) is 10.6 Å². The van der Waals surface area contributed by atoms with Crippen LogP contribution < -0.4 is 5.32 Å². The highest BCUT2D eigenvalue weighted by Gasteiger charge is 2.36. The molecule has 7 nitrogen and oxygen atoms in total. The summed E-state index contributed by atoms with van der Waals surface area (Å²) in [4.78, 5) is 33.2. The molecule has 0 fully saturated rings. The van der Waals surface area contributed by atoms with Gasteiger partial charge in [-0.3, -0.25) is 14.6 Å². The fourth-order valence-corrected chi connectivity index (χ4v) is 4.34. The quantitative estimate of drug-likeness (QED) is 0.647. The van der Waals surface area contributed by atoms with Crippen LogP contribution in [0.15, 0.2) is 41.4 Å². The summed E-state index contributed by atoms with van der Waals surface area (Å²) in [5.41, 5.74) is 1.57. The van der Waals surface area contributed by atoms with E-state index in [-0.39, 0.29) is 24.1 Å². The zero-order chi connectivity index (χ0) is 21.0. The van der Waals surface area contributed by atoms with E-state index in [0.717, 1.165) is 27.5 Å². The zero-order valence-electron chi connectivity index (χ0n) is 16.7. The van der Waals surface area contributed by atoms with Crippen LogP contribution in [0.25, 0.3) is 0 Å². The van der Waals surface area contributed by atoms with Gasteiger partial charge in [-0.05, 0) is 67.9 Å². The summed E-state index contributed by atoms with van der Waals surface area (Å²) in [5.74, 6) is -0.576. The van der Waals surface area contributed by atoms with Crippen LogP contribution in [0.2, 0.25) is 0 Å². The molecule has 0 aromatic carbocycles. The smallest absolute Gasteiger partial charge is 0.276 e. The molecule has 2 amide bonds. The van der Waals surface area contributed by atoms with Gasteiger partial charge in [0.05, 0.1) is 0 Å². The Kier molecular flexibility index (Phi) is 6.39. The first kappa shape index (κ1) is 21.1. The fourth-order valence-electron chi connectivity index (χ4n) is 2.88. The van der Waals surface area contributed by atoms with Crippen molar-refractivity contribution >= 4 is 34.7 Å². The number of amides is 2. The number of carbonyl (C=O) groups is 2. The van der Waals surface area contributed by atoms with Gasteiger partial charge < -0.3 is 10.2 Å². The number of thiophene rings is 1. The molecule has 0 aliphatic heterocycles.